The fourth-order valence-corrected chi connectivity index (χ4v) is 4.55. The molecule has 5 heteroatoms. The maximum atomic E-state index is 6.39. The SMILES string of the molecule is Clc1cccc(Cl)c1-c1noc(C2CC2)c1/C=C/C1C2CNCC12. The van der Waals surface area contributed by atoms with Gasteiger partial charge in [0.05, 0.1) is 10.0 Å². The highest BCUT2D eigenvalue weighted by molar-refractivity contribution is 6.39. The van der Waals surface area contributed by atoms with Gasteiger partial charge < -0.3 is 9.84 Å². The minimum Gasteiger partial charge on any atom is -0.360 e. The Bertz CT molecular complexity index is 795. The molecule has 3 nitrogen and oxygen atoms in total. The number of rotatable bonds is 4. The number of fused-ring (bicyclic) bond motifs is 1. The molecule has 0 radical (unpaired) electrons. The molecule has 0 spiro atoms. The number of halogens is 2. The third-order valence-electron chi connectivity index (χ3n) is 5.55. The fourth-order valence-electron chi connectivity index (χ4n) is 3.97. The average molecular weight is 361 g/mol. The van der Waals surface area contributed by atoms with Crippen LogP contribution in [0, 0.1) is 17.8 Å². The molecule has 1 aliphatic heterocycles. The average Bonchev–Trinajstić information content (AvgIpc) is 3.42. The van der Waals surface area contributed by atoms with Crippen LogP contribution in [0.15, 0.2) is 28.8 Å². The van der Waals surface area contributed by atoms with E-state index < -0.39 is 0 Å². The van der Waals surface area contributed by atoms with Crippen LogP contribution in [0.4, 0.5) is 0 Å². The number of aromatic nitrogens is 1. The quantitative estimate of drug-likeness (QED) is 0.832. The van der Waals surface area contributed by atoms with Crippen molar-refractivity contribution in [1.82, 2.24) is 10.5 Å². The molecule has 2 unspecified atom stereocenters. The van der Waals surface area contributed by atoms with Gasteiger partial charge in [-0.25, -0.2) is 0 Å². The lowest BCUT2D eigenvalue weighted by molar-refractivity contribution is 0.386. The van der Waals surface area contributed by atoms with E-state index in [9.17, 15) is 0 Å². The maximum Gasteiger partial charge on any atom is 0.147 e. The van der Waals surface area contributed by atoms with Crippen molar-refractivity contribution in [1.29, 1.82) is 0 Å². The van der Waals surface area contributed by atoms with Crippen molar-refractivity contribution in [2.24, 2.45) is 17.8 Å². The van der Waals surface area contributed by atoms with Crippen molar-refractivity contribution in [2.45, 2.75) is 18.8 Å². The van der Waals surface area contributed by atoms with Crippen molar-refractivity contribution in [3.8, 4) is 11.3 Å². The molecular formula is C19H18Cl2N2O. The van der Waals surface area contributed by atoms with Gasteiger partial charge in [0.25, 0.3) is 0 Å². The first-order valence-corrected chi connectivity index (χ1v) is 9.32. The molecule has 2 aliphatic carbocycles. The van der Waals surface area contributed by atoms with E-state index in [1.165, 1.54) is 12.8 Å². The number of benzene rings is 1. The minimum atomic E-state index is 0.493. The summed E-state index contributed by atoms with van der Waals surface area (Å²) in [6, 6.07) is 5.54. The Labute approximate surface area is 151 Å². The molecule has 2 saturated carbocycles. The molecule has 0 bridgehead atoms. The summed E-state index contributed by atoms with van der Waals surface area (Å²) in [7, 11) is 0. The number of nitrogens with one attached hydrogen (secondary N) is 1. The Morgan fingerprint density at radius 1 is 1.12 bits per heavy atom. The van der Waals surface area contributed by atoms with Crippen LogP contribution < -0.4 is 5.32 Å². The first-order valence-electron chi connectivity index (χ1n) is 8.57. The molecule has 2 atom stereocenters. The number of allylic oxidation sites excluding steroid dienone is 1. The molecule has 24 heavy (non-hydrogen) atoms. The van der Waals surface area contributed by atoms with Gasteiger partial charge in [0.2, 0.25) is 0 Å². The maximum absolute atomic E-state index is 6.39. The zero-order valence-corrected chi connectivity index (χ0v) is 14.6. The van der Waals surface area contributed by atoms with Crippen molar-refractivity contribution in [3.63, 3.8) is 0 Å². The van der Waals surface area contributed by atoms with Crippen molar-refractivity contribution >= 4 is 29.3 Å². The lowest BCUT2D eigenvalue weighted by Gasteiger charge is -2.05. The predicted molar refractivity (Wildman–Crippen MR) is 96.3 cm³/mol. The summed E-state index contributed by atoms with van der Waals surface area (Å²) < 4.78 is 5.70. The van der Waals surface area contributed by atoms with E-state index in [1.807, 2.05) is 18.2 Å². The molecule has 2 aromatic rings. The molecule has 2 heterocycles. The first kappa shape index (κ1) is 15.0. The Morgan fingerprint density at radius 3 is 2.50 bits per heavy atom. The monoisotopic (exact) mass is 360 g/mol. The second-order valence-corrected chi connectivity index (χ2v) is 7.92. The highest BCUT2D eigenvalue weighted by Gasteiger charge is 2.51. The van der Waals surface area contributed by atoms with Gasteiger partial charge in [-0.15, -0.1) is 0 Å². The van der Waals surface area contributed by atoms with E-state index in [0.29, 0.717) is 21.9 Å². The Morgan fingerprint density at radius 2 is 1.83 bits per heavy atom. The van der Waals surface area contributed by atoms with Crippen LogP contribution in [0.25, 0.3) is 17.3 Å². The number of piperidine rings is 1. The second-order valence-electron chi connectivity index (χ2n) is 7.10. The first-order chi connectivity index (χ1) is 11.7. The standard InChI is InChI=1S/C19H18Cl2N2O/c20-15-2-1-3-16(21)17(15)18-12(19(24-23-18)10-4-5-10)7-6-11-13-8-22-9-14(11)13/h1-3,6-7,10-11,13-14,22H,4-5,8-9H2/b7-6+. The molecular weight excluding hydrogens is 343 g/mol. The summed E-state index contributed by atoms with van der Waals surface area (Å²) in [5, 5.41) is 8.99. The van der Waals surface area contributed by atoms with Gasteiger partial charge >= 0.3 is 0 Å². The summed E-state index contributed by atoms with van der Waals surface area (Å²) >= 11 is 12.8. The van der Waals surface area contributed by atoms with Crippen LogP contribution in [-0.4, -0.2) is 18.2 Å². The van der Waals surface area contributed by atoms with Crippen molar-refractivity contribution < 1.29 is 4.52 Å². The van der Waals surface area contributed by atoms with Crippen molar-refractivity contribution in [3.05, 3.63) is 45.6 Å². The zero-order valence-electron chi connectivity index (χ0n) is 13.1. The molecule has 1 aromatic heterocycles. The molecule has 124 valence electrons. The third kappa shape index (κ3) is 2.42. The molecule has 1 aromatic carbocycles. The molecule has 1 N–H and O–H groups in total. The largest absolute Gasteiger partial charge is 0.360 e. The van der Waals surface area contributed by atoms with Crippen molar-refractivity contribution in [2.75, 3.05) is 13.1 Å². The van der Waals surface area contributed by atoms with Gasteiger partial charge in [0.15, 0.2) is 0 Å². The van der Waals surface area contributed by atoms with Gasteiger partial charge in [0, 0.05) is 17.0 Å². The van der Waals surface area contributed by atoms with Crippen LogP contribution >= 0.6 is 23.2 Å². The third-order valence-corrected chi connectivity index (χ3v) is 6.18. The second kappa shape index (κ2) is 5.62. The van der Waals surface area contributed by atoms with E-state index >= 15 is 0 Å². The fraction of sp³-hybridized carbons (Fsp3) is 0.421. The van der Waals surface area contributed by atoms with Crippen LogP contribution in [-0.2, 0) is 0 Å². The van der Waals surface area contributed by atoms with Gasteiger partial charge in [-0.3, -0.25) is 0 Å². The molecule has 3 fully saturated rings. The summed E-state index contributed by atoms with van der Waals surface area (Å²) in [5.41, 5.74) is 2.60. The summed E-state index contributed by atoms with van der Waals surface area (Å²) in [4.78, 5) is 0. The Kier molecular flexibility index (Phi) is 3.51. The zero-order chi connectivity index (χ0) is 16.3. The topological polar surface area (TPSA) is 38.1 Å². The number of hydrogen-bond donors (Lipinski definition) is 1. The van der Waals surface area contributed by atoms with Gasteiger partial charge in [-0.05, 0) is 55.8 Å². The van der Waals surface area contributed by atoms with Crippen LogP contribution in [0.2, 0.25) is 10.0 Å². The Balaban J connectivity index is 1.55. The Hall–Kier alpha value is -1.29. The van der Waals surface area contributed by atoms with E-state index in [-0.39, 0.29) is 0 Å². The summed E-state index contributed by atoms with van der Waals surface area (Å²) in [5.74, 6) is 3.77. The minimum absolute atomic E-state index is 0.493. The highest BCUT2D eigenvalue weighted by atomic mass is 35.5. The van der Waals surface area contributed by atoms with Gasteiger partial charge in [0.1, 0.15) is 11.5 Å². The van der Waals surface area contributed by atoms with E-state index in [4.69, 9.17) is 27.7 Å². The van der Waals surface area contributed by atoms with Crippen LogP contribution in [0.3, 0.4) is 0 Å². The highest BCUT2D eigenvalue weighted by Crippen LogP contribution is 2.51. The molecule has 3 aliphatic rings. The van der Waals surface area contributed by atoms with Crippen LogP contribution in [0.5, 0.6) is 0 Å². The van der Waals surface area contributed by atoms with E-state index in [0.717, 1.165) is 47.5 Å². The van der Waals surface area contributed by atoms with E-state index in [2.05, 4.69) is 22.6 Å². The lowest BCUT2D eigenvalue weighted by Crippen LogP contribution is -2.13. The molecule has 5 rings (SSSR count). The van der Waals surface area contributed by atoms with Gasteiger partial charge in [-0.2, -0.15) is 0 Å². The molecule has 0 amide bonds. The molecule has 1 saturated heterocycles. The van der Waals surface area contributed by atoms with Crippen LogP contribution in [0.1, 0.15) is 30.1 Å². The lowest BCUT2D eigenvalue weighted by atomic mass is 10.0. The van der Waals surface area contributed by atoms with Gasteiger partial charge in [-0.1, -0.05) is 46.6 Å². The summed E-state index contributed by atoms with van der Waals surface area (Å²) in [6.45, 7) is 2.28. The van der Waals surface area contributed by atoms with E-state index in [1.54, 1.807) is 0 Å². The smallest absolute Gasteiger partial charge is 0.147 e. The number of hydrogen-bond acceptors (Lipinski definition) is 3. The summed E-state index contributed by atoms with van der Waals surface area (Å²) in [6.07, 6.45) is 6.87. The number of nitrogens with zero attached hydrogens (tertiary/aromatic N) is 1. The predicted octanol–water partition coefficient (Wildman–Crippen LogP) is 5.00. The normalized spacial score (nSPS) is 28.5.